The molecule has 0 aromatic heterocycles. The van der Waals surface area contributed by atoms with Crippen LogP contribution in [0.25, 0.3) is 0 Å². The Hall–Kier alpha value is -0.610. The van der Waals surface area contributed by atoms with E-state index in [1.54, 1.807) is 6.92 Å². The smallest absolute Gasteiger partial charge is 0.239 e. The van der Waals surface area contributed by atoms with Crippen molar-refractivity contribution in [3.05, 3.63) is 0 Å². The molecule has 0 saturated carbocycles. The van der Waals surface area contributed by atoms with E-state index in [2.05, 4.69) is 5.32 Å². The van der Waals surface area contributed by atoms with Crippen molar-refractivity contribution in [3.63, 3.8) is 0 Å². The van der Waals surface area contributed by atoms with Crippen LogP contribution < -0.4 is 11.1 Å². The standard InChI is InChI=1S/C10H22N2O2/c1-4-5-10(3,11)9(14)12-6-8(2)7-13/h8,13H,4-7,11H2,1-3H3,(H,12,14). The molecule has 0 aromatic rings. The van der Waals surface area contributed by atoms with E-state index < -0.39 is 5.54 Å². The molecular weight excluding hydrogens is 180 g/mol. The Morgan fingerprint density at radius 1 is 1.64 bits per heavy atom. The first-order valence-corrected chi connectivity index (χ1v) is 5.12. The average molecular weight is 202 g/mol. The third kappa shape index (κ3) is 4.58. The lowest BCUT2D eigenvalue weighted by Crippen LogP contribution is -2.52. The zero-order valence-electron chi connectivity index (χ0n) is 9.34. The summed E-state index contributed by atoms with van der Waals surface area (Å²) in [5, 5.41) is 11.5. The molecule has 0 aliphatic rings. The van der Waals surface area contributed by atoms with E-state index in [0.29, 0.717) is 13.0 Å². The highest BCUT2D eigenvalue weighted by Gasteiger charge is 2.26. The fraction of sp³-hybridized carbons (Fsp3) is 0.900. The Balaban J connectivity index is 3.94. The molecule has 84 valence electrons. The van der Waals surface area contributed by atoms with E-state index in [1.165, 1.54) is 0 Å². The molecule has 0 spiro atoms. The van der Waals surface area contributed by atoms with Gasteiger partial charge < -0.3 is 16.2 Å². The SMILES string of the molecule is CCCC(C)(N)C(=O)NCC(C)CO. The first kappa shape index (κ1) is 13.4. The molecule has 0 fully saturated rings. The summed E-state index contributed by atoms with van der Waals surface area (Å²) in [7, 11) is 0. The normalized spacial score (nSPS) is 17.2. The maximum absolute atomic E-state index is 11.6. The van der Waals surface area contributed by atoms with Crippen LogP contribution >= 0.6 is 0 Å². The lowest BCUT2D eigenvalue weighted by molar-refractivity contribution is -0.126. The number of hydrogen-bond donors (Lipinski definition) is 3. The van der Waals surface area contributed by atoms with Gasteiger partial charge in [-0.1, -0.05) is 20.3 Å². The van der Waals surface area contributed by atoms with E-state index in [1.807, 2.05) is 13.8 Å². The van der Waals surface area contributed by atoms with Crippen LogP contribution in [0.15, 0.2) is 0 Å². The van der Waals surface area contributed by atoms with Crippen LogP contribution in [0.3, 0.4) is 0 Å². The van der Waals surface area contributed by atoms with Crippen molar-refractivity contribution in [2.45, 2.75) is 39.2 Å². The van der Waals surface area contributed by atoms with Gasteiger partial charge >= 0.3 is 0 Å². The molecule has 0 aliphatic carbocycles. The molecule has 4 heteroatoms. The van der Waals surface area contributed by atoms with Gasteiger partial charge in [-0.15, -0.1) is 0 Å². The summed E-state index contributed by atoms with van der Waals surface area (Å²) in [4.78, 5) is 11.6. The zero-order valence-corrected chi connectivity index (χ0v) is 9.34. The van der Waals surface area contributed by atoms with Crippen LogP contribution in [0.5, 0.6) is 0 Å². The number of aliphatic hydroxyl groups excluding tert-OH is 1. The molecule has 4 N–H and O–H groups in total. The summed E-state index contributed by atoms with van der Waals surface area (Å²) < 4.78 is 0. The average Bonchev–Trinajstić information content (AvgIpc) is 2.13. The fourth-order valence-electron chi connectivity index (χ4n) is 1.17. The highest BCUT2D eigenvalue weighted by atomic mass is 16.3. The van der Waals surface area contributed by atoms with Crippen molar-refractivity contribution < 1.29 is 9.90 Å². The van der Waals surface area contributed by atoms with Gasteiger partial charge in [-0.25, -0.2) is 0 Å². The van der Waals surface area contributed by atoms with Crippen LogP contribution in [0, 0.1) is 5.92 Å². The second-order valence-corrected chi connectivity index (χ2v) is 4.17. The second kappa shape index (κ2) is 5.98. The molecular formula is C10H22N2O2. The molecule has 0 aromatic carbocycles. The van der Waals surface area contributed by atoms with Crippen molar-refractivity contribution in [2.24, 2.45) is 11.7 Å². The van der Waals surface area contributed by atoms with Gasteiger partial charge in [0.25, 0.3) is 0 Å². The number of nitrogens with one attached hydrogen (secondary N) is 1. The Labute approximate surface area is 85.9 Å². The molecule has 0 saturated heterocycles. The van der Waals surface area contributed by atoms with Gasteiger partial charge in [0.05, 0.1) is 5.54 Å². The number of rotatable bonds is 6. The highest BCUT2D eigenvalue weighted by molar-refractivity contribution is 5.85. The lowest BCUT2D eigenvalue weighted by Gasteiger charge is -2.23. The summed E-state index contributed by atoms with van der Waals surface area (Å²) in [6.07, 6.45) is 1.56. The van der Waals surface area contributed by atoms with E-state index in [0.717, 1.165) is 6.42 Å². The first-order chi connectivity index (χ1) is 6.44. The minimum absolute atomic E-state index is 0.0787. The predicted octanol–water partition coefficient (Wildman–Crippen LogP) is 0.249. The van der Waals surface area contributed by atoms with Crippen molar-refractivity contribution in [2.75, 3.05) is 13.2 Å². The number of aliphatic hydroxyl groups is 1. The van der Waals surface area contributed by atoms with Crippen molar-refractivity contribution in [1.29, 1.82) is 0 Å². The van der Waals surface area contributed by atoms with Gasteiger partial charge in [0, 0.05) is 13.2 Å². The Bertz CT molecular complexity index is 181. The molecule has 1 amide bonds. The topological polar surface area (TPSA) is 75.4 Å². The van der Waals surface area contributed by atoms with E-state index in [4.69, 9.17) is 10.8 Å². The second-order valence-electron chi connectivity index (χ2n) is 4.17. The predicted molar refractivity (Wildman–Crippen MR) is 56.8 cm³/mol. The summed E-state index contributed by atoms with van der Waals surface area (Å²) >= 11 is 0. The largest absolute Gasteiger partial charge is 0.396 e. The molecule has 0 radical (unpaired) electrons. The van der Waals surface area contributed by atoms with Crippen molar-refractivity contribution in [1.82, 2.24) is 5.32 Å². The molecule has 4 nitrogen and oxygen atoms in total. The minimum atomic E-state index is -0.788. The van der Waals surface area contributed by atoms with Crippen LogP contribution in [0.2, 0.25) is 0 Å². The zero-order chi connectivity index (χ0) is 11.2. The Kier molecular flexibility index (Phi) is 5.72. The minimum Gasteiger partial charge on any atom is -0.396 e. The van der Waals surface area contributed by atoms with Crippen LogP contribution in [0.4, 0.5) is 0 Å². The molecule has 0 heterocycles. The monoisotopic (exact) mass is 202 g/mol. The first-order valence-electron chi connectivity index (χ1n) is 5.12. The highest BCUT2D eigenvalue weighted by Crippen LogP contribution is 2.08. The number of carbonyl (C=O) groups is 1. The summed E-state index contributed by atoms with van der Waals surface area (Å²) in [5.74, 6) is -0.0592. The maximum atomic E-state index is 11.6. The summed E-state index contributed by atoms with van der Waals surface area (Å²) in [5.41, 5.74) is 5.04. The van der Waals surface area contributed by atoms with Gasteiger partial charge in [0.15, 0.2) is 0 Å². The fourth-order valence-corrected chi connectivity index (χ4v) is 1.17. The Morgan fingerprint density at radius 2 is 2.21 bits per heavy atom. The molecule has 14 heavy (non-hydrogen) atoms. The van der Waals surface area contributed by atoms with Gasteiger partial charge in [-0.3, -0.25) is 4.79 Å². The maximum Gasteiger partial charge on any atom is 0.239 e. The van der Waals surface area contributed by atoms with Crippen molar-refractivity contribution in [3.8, 4) is 0 Å². The molecule has 0 aliphatic heterocycles. The Morgan fingerprint density at radius 3 is 2.64 bits per heavy atom. The molecule has 0 bridgehead atoms. The third-order valence-corrected chi connectivity index (χ3v) is 2.21. The van der Waals surface area contributed by atoms with Gasteiger partial charge in [-0.2, -0.15) is 0 Å². The lowest BCUT2D eigenvalue weighted by atomic mass is 9.96. The molecule has 2 unspecified atom stereocenters. The van der Waals surface area contributed by atoms with Crippen LogP contribution in [-0.4, -0.2) is 29.7 Å². The van der Waals surface area contributed by atoms with Crippen LogP contribution in [-0.2, 0) is 4.79 Å². The van der Waals surface area contributed by atoms with E-state index in [9.17, 15) is 4.79 Å². The number of nitrogens with two attached hydrogens (primary N) is 1. The third-order valence-electron chi connectivity index (χ3n) is 2.21. The molecule has 2 atom stereocenters. The summed E-state index contributed by atoms with van der Waals surface area (Å²) in [6, 6.07) is 0. The van der Waals surface area contributed by atoms with Gasteiger partial charge in [0.1, 0.15) is 0 Å². The van der Waals surface area contributed by atoms with E-state index >= 15 is 0 Å². The number of amides is 1. The van der Waals surface area contributed by atoms with Crippen LogP contribution in [0.1, 0.15) is 33.6 Å². The van der Waals surface area contributed by atoms with E-state index in [-0.39, 0.29) is 18.4 Å². The summed E-state index contributed by atoms with van der Waals surface area (Å²) in [6.45, 7) is 6.15. The van der Waals surface area contributed by atoms with Gasteiger partial charge in [-0.05, 0) is 19.3 Å². The van der Waals surface area contributed by atoms with Crippen molar-refractivity contribution >= 4 is 5.91 Å². The molecule has 0 rings (SSSR count). The quantitative estimate of drug-likeness (QED) is 0.578. The number of hydrogen-bond acceptors (Lipinski definition) is 3. The van der Waals surface area contributed by atoms with Gasteiger partial charge in [0.2, 0.25) is 5.91 Å². The number of carbonyl (C=O) groups excluding carboxylic acids is 1.